The number of esters is 1. The summed E-state index contributed by atoms with van der Waals surface area (Å²) in [7, 11) is 1.43. The predicted molar refractivity (Wildman–Crippen MR) is 103 cm³/mol. The van der Waals surface area contributed by atoms with E-state index in [2.05, 4.69) is 0 Å². The van der Waals surface area contributed by atoms with E-state index >= 15 is 0 Å². The van der Waals surface area contributed by atoms with E-state index in [0.29, 0.717) is 17.7 Å². The van der Waals surface area contributed by atoms with Crippen LogP contribution in [0.4, 0.5) is 4.79 Å². The molecule has 1 heterocycles. The first-order chi connectivity index (χ1) is 13.6. The van der Waals surface area contributed by atoms with Gasteiger partial charge in [-0.3, -0.25) is 0 Å². The van der Waals surface area contributed by atoms with Crippen molar-refractivity contribution in [3.05, 3.63) is 51.7 Å². The maximum absolute atomic E-state index is 12.1. The first-order valence-electron chi connectivity index (χ1n) is 8.41. The predicted octanol–water partition coefficient (Wildman–Crippen LogP) is 3.98. The third kappa shape index (κ3) is 6.14. The summed E-state index contributed by atoms with van der Waals surface area (Å²) in [6.45, 7) is 2.00. The number of ether oxygens (including phenoxy) is 4. The van der Waals surface area contributed by atoms with Crippen LogP contribution in [0, 0.1) is 11.3 Å². The maximum Gasteiger partial charge on any atom is 0.513 e. The topological polar surface area (TPSA) is 94.9 Å². The lowest BCUT2D eigenvalue weighted by Crippen LogP contribution is -2.11. The Bertz CT molecular complexity index is 883. The lowest BCUT2D eigenvalue weighted by atomic mass is 10.1. The van der Waals surface area contributed by atoms with Crippen LogP contribution < -0.4 is 9.47 Å². The van der Waals surface area contributed by atoms with Gasteiger partial charge in [-0.1, -0.05) is 12.1 Å². The van der Waals surface area contributed by atoms with Gasteiger partial charge in [0, 0.05) is 11.3 Å². The second-order valence-corrected chi connectivity index (χ2v) is 6.36. The number of methoxy groups -OCH3 is 1. The highest BCUT2D eigenvalue weighted by Gasteiger charge is 2.14. The van der Waals surface area contributed by atoms with E-state index in [1.165, 1.54) is 19.3 Å². The van der Waals surface area contributed by atoms with Crippen LogP contribution >= 0.6 is 11.3 Å². The smallest absolute Gasteiger partial charge is 0.493 e. The van der Waals surface area contributed by atoms with Gasteiger partial charge < -0.3 is 18.9 Å². The quantitative estimate of drug-likeness (QED) is 0.286. The monoisotopic (exact) mass is 401 g/mol. The summed E-state index contributed by atoms with van der Waals surface area (Å²) in [5.74, 6) is -0.303. The molecule has 0 amide bonds. The zero-order valence-electron chi connectivity index (χ0n) is 15.5. The minimum atomic E-state index is -0.879. The van der Waals surface area contributed by atoms with Crippen LogP contribution in [0.1, 0.15) is 17.4 Å². The summed E-state index contributed by atoms with van der Waals surface area (Å²) < 4.78 is 20.1. The van der Waals surface area contributed by atoms with Crippen molar-refractivity contribution < 1.29 is 28.5 Å². The number of hydrogen-bond acceptors (Lipinski definition) is 8. The molecule has 7 nitrogen and oxygen atoms in total. The fourth-order valence-corrected chi connectivity index (χ4v) is 2.87. The molecular formula is C20H19NO6S. The average Bonchev–Trinajstić information content (AvgIpc) is 3.20. The molecule has 0 fully saturated rings. The van der Waals surface area contributed by atoms with Crippen molar-refractivity contribution in [2.75, 3.05) is 20.3 Å². The molecule has 0 aliphatic heterocycles. The summed E-state index contributed by atoms with van der Waals surface area (Å²) in [5.41, 5.74) is 0.297. The molecule has 0 spiro atoms. The number of carbonyl (C=O) groups is 2. The molecule has 0 aliphatic rings. The van der Waals surface area contributed by atoms with Crippen molar-refractivity contribution in [1.29, 1.82) is 5.26 Å². The van der Waals surface area contributed by atoms with E-state index in [1.54, 1.807) is 30.4 Å². The Kier molecular flexibility index (Phi) is 8.06. The van der Waals surface area contributed by atoms with E-state index in [0.717, 1.165) is 4.88 Å². The molecule has 0 saturated heterocycles. The third-order valence-electron chi connectivity index (χ3n) is 3.46. The molecule has 0 radical (unpaired) electrons. The average molecular weight is 401 g/mol. The van der Waals surface area contributed by atoms with Crippen molar-refractivity contribution in [2.45, 2.75) is 13.3 Å². The van der Waals surface area contributed by atoms with Crippen LogP contribution in [0.25, 0.3) is 6.08 Å². The molecule has 0 atom stereocenters. The van der Waals surface area contributed by atoms with E-state index in [-0.39, 0.29) is 24.5 Å². The third-order valence-corrected chi connectivity index (χ3v) is 4.39. The zero-order valence-corrected chi connectivity index (χ0v) is 16.3. The lowest BCUT2D eigenvalue weighted by Gasteiger charge is -2.10. The molecule has 0 N–H and O–H groups in total. The highest BCUT2D eigenvalue weighted by atomic mass is 32.1. The summed E-state index contributed by atoms with van der Waals surface area (Å²) >= 11 is 1.57. The molecule has 0 unspecified atom stereocenters. The van der Waals surface area contributed by atoms with Crippen molar-refractivity contribution in [3.8, 4) is 17.6 Å². The fraction of sp³-hybridized carbons (Fsp3) is 0.250. The Hall–Kier alpha value is -3.31. The van der Waals surface area contributed by atoms with Crippen LogP contribution in [-0.4, -0.2) is 32.4 Å². The second kappa shape index (κ2) is 10.7. The number of thiophene rings is 1. The maximum atomic E-state index is 12.1. The van der Waals surface area contributed by atoms with Crippen molar-refractivity contribution in [1.82, 2.24) is 0 Å². The molecular weight excluding hydrogens is 382 g/mol. The molecule has 1 aromatic carbocycles. The molecule has 146 valence electrons. The van der Waals surface area contributed by atoms with Crippen molar-refractivity contribution in [3.63, 3.8) is 0 Å². The van der Waals surface area contributed by atoms with Gasteiger partial charge in [-0.15, -0.1) is 11.3 Å². The van der Waals surface area contributed by atoms with E-state index in [1.807, 2.05) is 23.6 Å². The Morgan fingerprint density at radius 3 is 2.68 bits per heavy atom. The molecule has 1 aromatic heterocycles. The van der Waals surface area contributed by atoms with Crippen LogP contribution in [0.3, 0.4) is 0 Å². The highest BCUT2D eigenvalue weighted by Crippen LogP contribution is 2.29. The Labute approximate surface area is 166 Å². The lowest BCUT2D eigenvalue weighted by molar-refractivity contribution is -0.138. The van der Waals surface area contributed by atoms with Gasteiger partial charge in [-0.05, 0) is 42.1 Å². The summed E-state index contributed by atoms with van der Waals surface area (Å²) in [4.78, 5) is 24.8. The van der Waals surface area contributed by atoms with Gasteiger partial charge in [0.15, 0.2) is 11.5 Å². The minimum absolute atomic E-state index is 0.109. The number of carbonyl (C=O) groups excluding carboxylic acids is 2. The number of rotatable bonds is 8. The first kappa shape index (κ1) is 21.0. The largest absolute Gasteiger partial charge is 0.513 e. The SMILES string of the molecule is CCOC(=O)Oc1cc(C=C(C#N)C(=O)OCCc2cccs2)ccc1OC. The van der Waals surface area contributed by atoms with Crippen LogP contribution in [0.2, 0.25) is 0 Å². The normalized spacial score (nSPS) is 10.7. The van der Waals surface area contributed by atoms with E-state index < -0.39 is 12.1 Å². The van der Waals surface area contributed by atoms with Crippen molar-refractivity contribution in [2.24, 2.45) is 0 Å². The van der Waals surface area contributed by atoms with Crippen LogP contribution in [0.15, 0.2) is 41.3 Å². The zero-order chi connectivity index (χ0) is 20.4. The van der Waals surface area contributed by atoms with E-state index in [9.17, 15) is 14.9 Å². The molecule has 0 bridgehead atoms. The highest BCUT2D eigenvalue weighted by molar-refractivity contribution is 7.09. The van der Waals surface area contributed by atoms with Gasteiger partial charge in [0.25, 0.3) is 0 Å². The summed E-state index contributed by atoms with van der Waals surface area (Å²) in [5, 5.41) is 11.2. The summed E-state index contributed by atoms with van der Waals surface area (Å²) in [6, 6.07) is 10.3. The molecule has 2 aromatic rings. The second-order valence-electron chi connectivity index (χ2n) is 5.33. The number of nitrogens with zero attached hydrogens (tertiary/aromatic N) is 1. The molecule has 2 rings (SSSR count). The van der Waals surface area contributed by atoms with Gasteiger partial charge in [0.05, 0.1) is 20.3 Å². The Morgan fingerprint density at radius 2 is 2.04 bits per heavy atom. The van der Waals surface area contributed by atoms with E-state index in [4.69, 9.17) is 18.9 Å². The number of benzene rings is 1. The molecule has 28 heavy (non-hydrogen) atoms. The minimum Gasteiger partial charge on any atom is -0.493 e. The van der Waals surface area contributed by atoms with Crippen LogP contribution in [-0.2, 0) is 20.7 Å². The van der Waals surface area contributed by atoms with Crippen molar-refractivity contribution >= 4 is 29.5 Å². The van der Waals surface area contributed by atoms with Gasteiger partial charge >= 0.3 is 12.1 Å². The standard InChI is InChI=1S/C20H19NO6S/c1-3-25-20(23)27-18-12-14(6-7-17(18)24-2)11-15(13-21)19(22)26-9-8-16-5-4-10-28-16/h4-7,10-12H,3,8-9H2,1-2H3. The Morgan fingerprint density at radius 1 is 1.21 bits per heavy atom. The van der Waals surface area contributed by atoms with Gasteiger partial charge in [-0.25, -0.2) is 9.59 Å². The van der Waals surface area contributed by atoms with Gasteiger partial charge in [0.2, 0.25) is 0 Å². The fourth-order valence-electron chi connectivity index (χ4n) is 2.18. The number of hydrogen-bond donors (Lipinski definition) is 0. The molecule has 0 aliphatic carbocycles. The number of nitriles is 1. The molecule has 0 saturated carbocycles. The van der Waals surface area contributed by atoms with Crippen LogP contribution in [0.5, 0.6) is 11.5 Å². The summed E-state index contributed by atoms with van der Waals surface area (Å²) in [6.07, 6.45) is 1.06. The van der Waals surface area contributed by atoms with Gasteiger partial charge in [0.1, 0.15) is 11.6 Å². The van der Waals surface area contributed by atoms with Gasteiger partial charge in [-0.2, -0.15) is 5.26 Å². The Balaban J connectivity index is 2.10. The first-order valence-corrected chi connectivity index (χ1v) is 9.29. The molecule has 8 heteroatoms.